The maximum Gasteiger partial charge on any atom is 0.277 e. The molecule has 1 N–H and O–H groups in total. The first kappa shape index (κ1) is 17.3. The first-order valence-electron chi connectivity index (χ1n) is 6.62. The number of carbonyl (C=O) groups is 1. The highest BCUT2D eigenvalue weighted by Gasteiger charge is 2.03. The lowest BCUT2D eigenvalue weighted by atomic mass is 10.2. The van der Waals surface area contributed by atoms with E-state index in [1.165, 1.54) is 6.21 Å². The van der Waals surface area contributed by atoms with Gasteiger partial charge in [-0.3, -0.25) is 4.79 Å². The molecule has 7 heteroatoms. The van der Waals surface area contributed by atoms with Crippen LogP contribution in [-0.4, -0.2) is 25.8 Å². The fourth-order valence-corrected chi connectivity index (χ4v) is 2.20. The van der Waals surface area contributed by atoms with Crippen LogP contribution >= 0.6 is 27.5 Å². The first-order valence-corrected chi connectivity index (χ1v) is 7.79. The molecule has 0 heterocycles. The van der Waals surface area contributed by atoms with Crippen LogP contribution in [0, 0.1) is 0 Å². The van der Waals surface area contributed by atoms with Crippen molar-refractivity contribution in [2.24, 2.45) is 5.10 Å². The Hall–Kier alpha value is -2.05. The number of nitrogens with zero attached hydrogens (tertiary/aromatic N) is 1. The van der Waals surface area contributed by atoms with E-state index in [2.05, 4.69) is 26.5 Å². The van der Waals surface area contributed by atoms with Gasteiger partial charge in [-0.2, -0.15) is 5.10 Å². The average molecular weight is 398 g/mol. The Bertz CT molecular complexity index is 705. The number of hydrogen-bond donors (Lipinski definition) is 1. The molecule has 2 aromatic rings. The van der Waals surface area contributed by atoms with Crippen molar-refractivity contribution in [1.82, 2.24) is 5.43 Å². The number of methoxy groups -OCH3 is 1. The second kappa shape index (κ2) is 8.55. The van der Waals surface area contributed by atoms with E-state index in [-0.39, 0.29) is 12.5 Å². The van der Waals surface area contributed by atoms with Crippen molar-refractivity contribution in [1.29, 1.82) is 0 Å². The molecule has 5 nitrogen and oxygen atoms in total. The van der Waals surface area contributed by atoms with Crippen molar-refractivity contribution in [3.63, 3.8) is 0 Å². The molecule has 0 aliphatic rings. The Morgan fingerprint density at radius 3 is 2.74 bits per heavy atom. The molecule has 0 aliphatic heterocycles. The summed E-state index contributed by atoms with van der Waals surface area (Å²) in [5, 5.41) is 4.50. The van der Waals surface area contributed by atoms with Crippen LogP contribution in [-0.2, 0) is 4.79 Å². The van der Waals surface area contributed by atoms with Gasteiger partial charge < -0.3 is 9.47 Å². The maximum atomic E-state index is 11.7. The Kier molecular flexibility index (Phi) is 6.43. The van der Waals surface area contributed by atoms with E-state index in [1.54, 1.807) is 37.4 Å². The van der Waals surface area contributed by atoms with Crippen LogP contribution in [0.1, 0.15) is 5.56 Å². The quantitative estimate of drug-likeness (QED) is 0.598. The van der Waals surface area contributed by atoms with E-state index in [1.807, 2.05) is 12.1 Å². The van der Waals surface area contributed by atoms with Crippen molar-refractivity contribution in [3.8, 4) is 11.5 Å². The lowest BCUT2D eigenvalue weighted by Crippen LogP contribution is -2.24. The van der Waals surface area contributed by atoms with Gasteiger partial charge in [-0.15, -0.1) is 0 Å². The summed E-state index contributed by atoms with van der Waals surface area (Å²) in [4.78, 5) is 11.7. The molecule has 0 radical (unpaired) electrons. The molecular weight excluding hydrogens is 384 g/mol. The van der Waals surface area contributed by atoms with Gasteiger partial charge in [-0.25, -0.2) is 5.43 Å². The number of carbonyl (C=O) groups excluding carboxylic acids is 1. The van der Waals surface area contributed by atoms with E-state index in [0.29, 0.717) is 16.5 Å². The molecular formula is C16H14BrClN2O3. The molecule has 0 saturated heterocycles. The van der Waals surface area contributed by atoms with E-state index in [0.717, 1.165) is 10.0 Å². The largest absolute Gasteiger partial charge is 0.496 e. The van der Waals surface area contributed by atoms with Gasteiger partial charge in [0.25, 0.3) is 5.91 Å². The first-order chi connectivity index (χ1) is 11.1. The zero-order chi connectivity index (χ0) is 16.7. The number of rotatable bonds is 6. The minimum atomic E-state index is -0.370. The third kappa shape index (κ3) is 5.58. The number of amides is 1. The standard InChI is InChI=1S/C16H14BrClN2O3/c1-22-15-7-2-12(17)8-11(15)9-19-20-16(21)10-23-14-5-3-13(18)4-6-14/h2-9H,10H2,1H3,(H,20,21). The summed E-state index contributed by atoms with van der Waals surface area (Å²) in [5.74, 6) is 0.843. The Labute approximate surface area is 147 Å². The molecule has 23 heavy (non-hydrogen) atoms. The van der Waals surface area contributed by atoms with Crippen molar-refractivity contribution in [2.75, 3.05) is 13.7 Å². The number of ether oxygens (including phenoxy) is 2. The van der Waals surface area contributed by atoms with Crippen LogP contribution in [0.4, 0.5) is 0 Å². The third-order valence-corrected chi connectivity index (χ3v) is 3.51. The molecule has 0 spiro atoms. The predicted molar refractivity (Wildman–Crippen MR) is 93.4 cm³/mol. The highest BCUT2D eigenvalue weighted by molar-refractivity contribution is 9.10. The topological polar surface area (TPSA) is 59.9 Å². The fraction of sp³-hybridized carbons (Fsp3) is 0.125. The highest BCUT2D eigenvalue weighted by atomic mass is 79.9. The second-order valence-corrected chi connectivity index (χ2v) is 5.77. The van der Waals surface area contributed by atoms with Crippen molar-refractivity contribution in [3.05, 3.63) is 57.5 Å². The van der Waals surface area contributed by atoms with E-state index in [4.69, 9.17) is 21.1 Å². The summed E-state index contributed by atoms with van der Waals surface area (Å²) < 4.78 is 11.4. The van der Waals surface area contributed by atoms with Crippen LogP contribution in [0.15, 0.2) is 52.0 Å². The second-order valence-electron chi connectivity index (χ2n) is 4.42. The molecule has 0 aromatic heterocycles. The predicted octanol–water partition coefficient (Wildman–Crippen LogP) is 3.64. The third-order valence-electron chi connectivity index (χ3n) is 2.77. The van der Waals surface area contributed by atoms with E-state index >= 15 is 0 Å². The Morgan fingerprint density at radius 1 is 1.30 bits per heavy atom. The molecule has 2 aromatic carbocycles. The Morgan fingerprint density at radius 2 is 2.04 bits per heavy atom. The minimum absolute atomic E-state index is 0.144. The van der Waals surface area contributed by atoms with Gasteiger partial charge >= 0.3 is 0 Å². The SMILES string of the molecule is COc1ccc(Br)cc1C=NNC(=O)COc1ccc(Cl)cc1. The summed E-state index contributed by atoms with van der Waals surface area (Å²) in [7, 11) is 1.57. The van der Waals surface area contributed by atoms with Crippen molar-refractivity contribution in [2.45, 2.75) is 0 Å². The zero-order valence-corrected chi connectivity index (χ0v) is 14.6. The molecule has 0 fully saturated rings. The van der Waals surface area contributed by atoms with Crippen molar-refractivity contribution >= 4 is 39.7 Å². The van der Waals surface area contributed by atoms with Gasteiger partial charge in [-0.05, 0) is 42.5 Å². The highest BCUT2D eigenvalue weighted by Crippen LogP contribution is 2.21. The Balaban J connectivity index is 1.86. The van der Waals surface area contributed by atoms with Gasteiger partial charge in [0.05, 0.1) is 13.3 Å². The van der Waals surface area contributed by atoms with Crippen LogP contribution in [0.25, 0.3) is 0 Å². The van der Waals surface area contributed by atoms with Crippen LogP contribution in [0.2, 0.25) is 5.02 Å². The van der Waals surface area contributed by atoms with E-state index in [9.17, 15) is 4.79 Å². The van der Waals surface area contributed by atoms with Gasteiger partial charge in [0, 0.05) is 15.1 Å². The summed E-state index contributed by atoms with van der Waals surface area (Å²) in [5.41, 5.74) is 3.13. The zero-order valence-electron chi connectivity index (χ0n) is 12.3. The average Bonchev–Trinajstić information content (AvgIpc) is 2.54. The summed E-state index contributed by atoms with van der Waals surface area (Å²) in [6, 6.07) is 12.2. The summed E-state index contributed by atoms with van der Waals surface area (Å²) >= 11 is 9.14. The molecule has 2 rings (SSSR count). The monoisotopic (exact) mass is 396 g/mol. The van der Waals surface area contributed by atoms with Gasteiger partial charge in [0.1, 0.15) is 11.5 Å². The molecule has 1 amide bonds. The maximum absolute atomic E-state index is 11.7. The number of benzene rings is 2. The van der Waals surface area contributed by atoms with Gasteiger partial charge in [0.15, 0.2) is 6.61 Å². The normalized spacial score (nSPS) is 10.6. The molecule has 0 bridgehead atoms. The van der Waals surface area contributed by atoms with Crippen molar-refractivity contribution < 1.29 is 14.3 Å². The fourth-order valence-electron chi connectivity index (χ4n) is 1.69. The number of nitrogens with one attached hydrogen (secondary N) is 1. The lowest BCUT2D eigenvalue weighted by molar-refractivity contribution is -0.123. The summed E-state index contributed by atoms with van der Waals surface area (Å²) in [6.45, 7) is -0.144. The smallest absolute Gasteiger partial charge is 0.277 e. The molecule has 0 saturated carbocycles. The molecule has 0 unspecified atom stereocenters. The van der Waals surface area contributed by atoms with E-state index < -0.39 is 0 Å². The van der Waals surface area contributed by atoms with Crippen LogP contribution in [0.3, 0.4) is 0 Å². The van der Waals surface area contributed by atoms with Gasteiger partial charge in [0.2, 0.25) is 0 Å². The van der Waals surface area contributed by atoms with Crippen LogP contribution < -0.4 is 14.9 Å². The molecule has 120 valence electrons. The van der Waals surface area contributed by atoms with Gasteiger partial charge in [-0.1, -0.05) is 27.5 Å². The lowest BCUT2D eigenvalue weighted by Gasteiger charge is -2.06. The van der Waals surface area contributed by atoms with Crippen LogP contribution in [0.5, 0.6) is 11.5 Å². The molecule has 0 atom stereocenters. The molecule has 0 aliphatic carbocycles. The number of hydrogen-bond acceptors (Lipinski definition) is 4. The number of halogens is 2. The minimum Gasteiger partial charge on any atom is -0.496 e. The summed E-state index contributed by atoms with van der Waals surface area (Å²) in [6.07, 6.45) is 1.50. The number of hydrazone groups is 1.